The van der Waals surface area contributed by atoms with Crippen LogP contribution in [0.25, 0.3) is 0 Å². The van der Waals surface area contributed by atoms with Crippen LogP contribution in [0.1, 0.15) is 10.4 Å². The maximum atomic E-state index is 13.0. The van der Waals surface area contributed by atoms with E-state index in [-0.39, 0.29) is 10.0 Å². The predicted octanol–water partition coefficient (Wildman–Crippen LogP) is 4.11. The number of esters is 1. The van der Waals surface area contributed by atoms with Gasteiger partial charge in [-0.15, -0.1) is 11.8 Å². The van der Waals surface area contributed by atoms with Crippen LogP contribution < -0.4 is 5.32 Å². The molecule has 0 aromatic heterocycles. The summed E-state index contributed by atoms with van der Waals surface area (Å²) in [6, 6.07) is 10.9. The van der Waals surface area contributed by atoms with Gasteiger partial charge in [0, 0.05) is 15.1 Å². The van der Waals surface area contributed by atoms with Crippen LogP contribution in [0.5, 0.6) is 0 Å². The average molecular weight is 398 g/mol. The first-order chi connectivity index (χ1) is 11.0. The van der Waals surface area contributed by atoms with E-state index in [9.17, 15) is 14.0 Å². The van der Waals surface area contributed by atoms with Crippen molar-refractivity contribution in [3.8, 4) is 0 Å². The Bertz CT molecular complexity index is 722. The van der Waals surface area contributed by atoms with E-state index < -0.39 is 24.3 Å². The number of hydrogen-bond acceptors (Lipinski definition) is 4. The first-order valence-corrected chi connectivity index (χ1v) is 8.57. The lowest BCUT2D eigenvalue weighted by atomic mass is 10.2. The van der Waals surface area contributed by atoms with Crippen molar-refractivity contribution in [3.05, 3.63) is 58.3 Å². The van der Waals surface area contributed by atoms with Gasteiger partial charge in [-0.05, 0) is 64.7 Å². The van der Waals surface area contributed by atoms with E-state index in [0.717, 1.165) is 17.0 Å². The average Bonchev–Trinajstić information content (AvgIpc) is 2.53. The van der Waals surface area contributed by atoms with E-state index in [1.165, 1.54) is 6.07 Å². The number of nitrogens with one attached hydrogen (secondary N) is 1. The third-order valence-electron chi connectivity index (χ3n) is 2.86. The molecular formula is C16H13BrFNO3S. The molecule has 1 amide bonds. The Kier molecular flexibility index (Phi) is 6.18. The molecule has 0 aliphatic carbocycles. The number of carbonyl (C=O) groups is 2. The van der Waals surface area contributed by atoms with Crippen molar-refractivity contribution in [1.82, 2.24) is 0 Å². The third kappa shape index (κ3) is 5.07. The normalized spacial score (nSPS) is 10.2. The minimum atomic E-state index is -0.704. The molecule has 2 rings (SSSR count). The second-order valence-corrected chi connectivity index (χ2v) is 6.21. The molecule has 0 radical (unpaired) electrons. The van der Waals surface area contributed by atoms with Crippen molar-refractivity contribution in [2.75, 3.05) is 18.2 Å². The fraction of sp³-hybridized carbons (Fsp3) is 0.125. The second kappa shape index (κ2) is 8.12. The summed E-state index contributed by atoms with van der Waals surface area (Å²) < 4.78 is 18.2. The Morgan fingerprint density at radius 2 is 1.91 bits per heavy atom. The zero-order valence-corrected chi connectivity index (χ0v) is 14.5. The Morgan fingerprint density at radius 3 is 2.52 bits per heavy atom. The summed E-state index contributed by atoms with van der Waals surface area (Å²) >= 11 is 4.68. The smallest absolute Gasteiger partial charge is 0.339 e. The highest BCUT2D eigenvalue weighted by Gasteiger charge is 2.14. The minimum Gasteiger partial charge on any atom is -0.452 e. The zero-order chi connectivity index (χ0) is 16.8. The summed E-state index contributed by atoms with van der Waals surface area (Å²) in [6.07, 6.45) is 1.96. The molecule has 0 aliphatic rings. The Labute approximate surface area is 145 Å². The lowest BCUT2D eigenvalue weighted by Gasteiger charge is -2.08. The van der Waals surface area contributed by atoms with E-state index in [4.69, 9.17) is 4.74 Å². The highest BCUT2D eigenvalue weighted by atomic mass is 79.9. The van der Waals surface area contributed by atoms with Crippen molar-refractivity contribution in [2.24, 2.45) is 0 Å². The molecule has 0 bridgehead atoms. The van der Waals surface area contributed by atoms with Crippen molar-refractivity contribution >= 4 is 45.3 Å². The molecule has 1 N–H and O–H groups in total. The van der Waals surface area contributed by atoms with E-state index in [1.54, 1.807) is 23.9 Å². The minimum absolute atomic E-state index is 0.156. The highest BCUT2D eigenvalue weighted by Crippen LogP contribution is 2.19. The Balaban J connectivity index is 1.89. The number of thioether (sulfide) groups is 1. The molecular weight excluding hydrogens is 385 g/mol. The third-order valence-corrected chi connectivity index (χ3v) is 4.26. The summed E-state index contributed by atoms with van der Waals surface area (Å²) in [5, 5.41) is 2.63. The molecule has 2 aromatic carbocycles. The van der Waals surface area contributed by atoms with Gasteiger partial charge in [-0.1, -0.05) is 0 Å². The van der Waals surface area contributed by atoms with Crippen LogP contribution in [0, 0.1) is 5.82 Å². The predicted molar refractivity (Wildman–Crippen MR) is 91.2 cm³/mol. The summed E-state index contributed by atoms with van der Waals surface area (Å²) in [5.41, 5.74) is 0.773. The van der Waals surface area contributed by atoms with Gasteiger partial charge < -0.3 is 10.1 Å². The lowest BCUT2D eigenvalue weighted by Crippen LogP contribution is -2.21. The fourth-order valence-electron chi connectivity index (χ4n) is 1.74. The monoisotopic (exact) mass is 397 g/mol. The molecule has 0 atom stereocenters. The number of anilines is 1. The van der Waals surface area contributed by atoms with Gasteiger partial charge >= 0.3 is 5.97 Å². The van der Waals surface area contributed by atoms with Crippen molar-refractivity contribution in [1.29, 1.82) is 0 Å². The number of carbonyl (C=O) groups excluding carboxylic acids is 2. The van der Waals surface area contributed by atoms with Crippen LogP contribution in [0.15, 0.2) is 51.8 Å². The van der Waals surface area contributed by atoms with Crippen LogP contribution in [0.3, 0.4) is 0 Å². The Hall–Kier alpha value is -1.86. The molecule has 0 aliphatic heterocycles. The molecule has 7 heteroatoms. The Morgan fingerprint density at radius 1 is 1.22 bits per heavy atom. The molecule has 0 saturated carbocycles. The van der Waals surface area contributed by atoms with Gasteiger partial charge in [0.25, 0.3) is 5.91 Å². The number of rotatable bonds is 5. The number of benzene rings is 2. The maximum Gasteiger partial charge on any atom is 0.339 e. The van der Waals surface area contributed by atoms with Gasteiger partial charge in [-0.2, -0.15) is 0 Å². The van der Waals surface area contributed by atoms with Gasteiger partial charge in [0.05, 0.1) is 5.56 Å². The number of hydrogen-bond donors (Lipinski definition) is 1. The highest BCUT2D eigenvalue weighted by molar-refractivity contribution is 9.10. The topological polar surface area (TPSA) is 55.4 Å². The molecule has 120 valence electrons. The first kappa shape index (κ1) is 17.5. The first-order valence-electron chi connectivity index (χ1n) is 6.55. The largest absolute Gasteiger partial charge is 0.452 e. The van der Waals surface area contributed by atoms with Crippen LogP contribution in [0.4, 0.5) is 10.1 Å². The van der Waals surface area contributed by atoms with Crippen molar-refractivity contribution < 1.29 is 18.7 Å². The molecule has 0 spiro atoms. The number of amides is 1. The molecule has 0 saturated heterocycles. The van der Waals surface area contributed by atoms with Crippen LogP contribution in [0.2, 0.25) is 0 Å². The maximum absolute atomic E-state index is 13.0. The standard InChI is InChI=1S/C16H13BrFNO3S/c1-23-12-5-3-11(4-6-12)19-15(20)9-22-16(21)13-7-2-10(18)8-14(13)17/h2-8H,9H2,1H3,(H,19,20). The molecule has 4 nitrogen and oxygen atoms in total. The zero-order valence-electron chi connectivity index (χ0n) is 12.1. The van der Waals surface area contributed by atoms with Gasteiger partial charge in [0.15, 0.2) is 6.61 Å². The van der Waals surface area contributed by atoms with E-state index in [0.29, 0.717) is 5.69 Å². The van der Waals surface area contributed by atoms with Crippen molar-refractivity contribution in [2.45, 2.75) is 4.90 Å². The quantitative estimate of drug-likeness (QED) is 0.609. The van der Waals surface area contributed by atoms with Crippen molar-refractivity contribution in [3.63, 3.8) is 0 Å². The summed E-state index contributed by atoms with van der Waals surface area (Å²) in [4.78, 5) is 24.7. The van der Waals surface area contributed by atoms with E-state index >= 15 is 0 Å². The summed E-state index contributed by atoms with van der Waals surface area (Å²) in [6.45, 7) is -0.424. The van der Waals surface area contributed by atoms with E-state index in [2.05, 4.69) is 21.2 Å². The van der Waals surface area contributed by atoms with Crippen LogP contribution in [-0.2, 0) is 9.53 Å². The summed E-state index contributed by atoms with van der Waals surface area (Å²) in [7, 11) is 0. The number of ether oxygens (including phenoxy) is 1. The summed E-state index contributed by atoms with van der Waals surface area (Å²) in [5.74, 6) is -1.63. The fourth-order valence-corrected chi connectivity index (χ4v) is 2.66. The van der Waals surface area contributed by atoms with Gasteiger partial charge in [-0.25, -0.2) is 9.18 Å². The second-order valence-electron chi connectivity index (χ2n) is 4.48. The molecule has 0 unspecified atom stereocenters. The lowest BCUT2D eigenvalue weighted by molar-refractivity contribution is -0.119. The molecule has 0 fully saturated rings. The molecule has 2 aromatic rings. The SMILES string of the molecule is CSc1ccc(NC(=O)COC(=O)c2ccc(F)cc2Br)cc1. The molecule has 23 heavy (non-hydrogen) atoms. The van der Waals surface area contributed by atoms with Crippen LogP contribution >= 0.6 is 27.7 Å². The van der Waals surface area contributed by atoms with E-state index in [1.807, 2.05) is 18.4 Å². The van der Waals surface area contributed by atoms with Gasteiger partial charge in [0.1, 0.15) is 5.82 Å². The van der Waals surface area contributed by atoms with Gasteiger partial charge in [0.2, 0.25) is 0 Å². The van der Waals surface area contributed by atoms with Gasteiger partial charge in [-0.3, -0.25) is 4.79 Å². The molecule has 0 heterocycles. The number of halogens is 2. The van der Waals surface area contributed by atoms with Crippen LogP contribution in [-0.4, -0.2) is 24.7 Å².